The Morgan fingerprint density at radius 2 is 2.47 bits per heavy atom. The van der Waals surface area contributed by atoms with Gasteiger partial charge < -0.3 is 10.4 Å². The molecule has 0 aliphatic carbocycles. The van der Waals surface area contributed by atoms with Crippen LogP contribution >= 0.6 is 11.8 Å². The van der Waals surface area contributed by atoms with Gasteiger partial charge in [0.05, 0.1) is 0 Å². The van der Waals surface area contributed by atoms with E-state index < -0.39 is 12.0 Å². The lowest BCUT2D eigenvalue weighted by Gasteiger charge is -2.26. The number of hydrogen-bond acceptors (Lipinski definition) is 6. The van der Waals surface area contributed by atoms with Gasteiger partial charge in [0.25, 0.3) is 0 Å². The molecular formula is C7H11N5O2S. The van der Waals surface area contributed by atoms with Gasteiger partial charge in [-0.3, -0.25) is 4.79 Å². The highest BCUT2D eigenvalue weighted by Crippen LogP contribution is 2.27. The predicted octanol–water partition coefficient (Wildman–Crippen LogP) is -0.503. The Bertz CT molecular complexity index is 330. The minimum absolute atomic E-state index is 0.252. The molecule has 1 saturated heterocycles. The van der Waals surface area contributed by atoms with E-state index in [4.69, 9.17) is 5.11 Å². The third kappa shape index (κ3) is 2.66. The normalized spacial score (nSPS) is 26.4. The average Bonchev–Trinajstić information content (AvgIpc) is 2.71. The molecule has 1 aliphatic rings. The Morgan fingerprint density at radius 3 is 3.13 bits per heavy atom. The number of H-pyrrole nitrogens is 1. The van der Waals surface area contributed by atoms with E-state index in [9.17, 15) is 4.79 Å². The van der Waals surface area contributed by atoms with E-state index in [1.807, 2.05) is 0 Å². The average molecular weight is 229 g/mol. The Hall–Kier alpha value is -1.15. The van der Waals surface area contributed by atoms with Crippen LogP contribution < -0.4 is 5.32 Å². The lowest BCUT2D eigenvalue weighted by molar-refractivity contribution is -0.140. The molecule has 15 heavy (non-hydrogen) atoms. The number of aromatic amines is 1. The molecule has 8 heteroatoms. The maximum Gasteiger partial charge on any atom is 0.320 e. The Balaban J connectivity index is 1.90. The molecule has 0 aromatic carbocycles. The van der Waals surface area contributed by atoms with E-state index in [1.165, 1.54) is 11.8 Å². The summed E-state index contributed by atoms with van der Waals surface area (Å²) < 4.78 is 0. The molecule has 82 valence electrons. The summed E-state index contributed by atoms with van der Waals surface area (Å²) in [6.07, 6.45) is 1.52. The molecule has 1 aliphatic heterocycles. The summed E-state index contributed by atoms with van der Waals surface area (Å²) in [6.45, 7) is 0.718. The van der Waals surface area contributed by atoms with Gasteiger partial charge in [0.15, 0.2) is 0 Å². The molecule has 1 aromatic heterocycles. The maximum absolute atomic E-state index is 10.8. The van der Waals surface area contributed by atoms with Crippen LogP contribution in [0.1, 0.15) is 12.8 Å². The number of piperidine rings is 1. The highest BCUT2D eigenvalue weighted by molar-refractivity contribution is 7.99. The standard InChI is InChI=1S/C7H11N5O2S/c13-6(14)5-3-4(1-2-8-5)15-7-9-11-12-10-7/h4-5,8H,1-3H2,(H,13,14)(H,9,10,11,12). The van der Waals surface area contributed by atoms with Crippen LogP contribution in [0.15, 0.2) is 5.16 Å². The van der Waals surface area contributed by atoms with Crippen molar-refractivity contribution < 1.29 is 9.90 Å². The summed E-state index contributed by atoms with van der Waals surface area (Å²) >= 11 is 1.50. The molecule has 0 spiro atoms. The summed E-state index contributed by atoms with van der Waals surface area (Å²) in [5.74, 6) is -0.795. The molecule has 2 heterocycles. The zero-order valence-electron chi connectivity index (χ0n) is 7.88. The van der Waals surface area contributed by atoms with Crippen molar-refractivity contribution in [3.8, 4) is 0 Å². The number of nitrogens with zero attached hydrogens (tertiary/aromatic N) is 3. The fourth-order valence-electron chi connectivity index (χ4n) is 1.54. The number of nitrogens with one attached hydrogen (secondary N) is 2. The lowest BCUT2D eigenvalue weighted by Crippen LogP contribution is -2.44. The topological polar surface area (TPSA) is 104 Å². The van der Waals surface area contributed by atoms with E-state index >= 15 is 0 Å². The fourth-order valence-corrected chi connectivity index (χ4v) is 2.55. The fraction of sp³-hybridized carbons (Fsp3) is 0.714. The van der Waals surface area contributed by atoms with E-state index in [-0.39, 0.29) is 5.25 Å². The second-order valence-electron chi connectivity index (χ2n) is 3.32. The number of thioether (sulfide) groups is 1. The second-order valence-corrected chi connectivity index (χ2v) is 4.60. The van der Waals surface area contributed by atoms with E-state index in [0.717, 1.165) is 13.0 Å². The summed E-state index contributed by atoms with van der Waals surface area (Å²) in [4.78, 5) is 10.8. The van der Waals surface area contributed by atoms with Crippen molar-refractivity contribution in [3.63, 3.8) is 0 Å². The molecule has 3 N–H and O–H groups in total. The van der Waals surface area contributed by atoms with Gasteiger partial charge in [0, 0.05) is 5.25 Å². The smallest absolute Gasteiger partial charge is 0.320 e. The molecule has 2 rings (SSSR count). The number of rotatable bonds is 3. The van der Waals surface area contributed by atoms with Crippen molar-refractivity contribution in [1.82, 2.24) is 25.9 Å². The van der Waals surface area contributed by atoms with Gasteiger partial charge >= 0.3 is 5.97 Å². The van der Waals surface area contributed by atoms with Gasteiger partial charge in [-0.25, -0.2) is 5.10 Å². The summed E-state index contributed by atoms with van der Waals surface area (Å²) in [5.41, 5.74) is 0. The molecular weight excluding hydrogens is 218 g/mol. The Morgan fingerprint density at radius 1 is 1.60 bits per heavy atom. The number of aromatic nitrogens is 4. The van der Waals surface area contributed by atoms with Crippen LogP contribution in [0.25, 0.3) is 0 Å². The van der Waals surface area contributed by atoms with Crippen molar-refractivity contribution >= 4 is 17.7 Å². The molecule has 1 aromatic rings. The van der Waals surface area contributed by atoms with Gasteiger partial charge in [-0.1, -0.05) is 11.8 Å². The molecule has 0 radical (unpaired) electrons. The number of carbonyl (C=O) groups is 1. The predicted molar refractivity (Wildman–Crippen MR) is 52.5 cm³/mol. The summed E-state index contributed by atoms with van der Waals surface area (Å²) in [6, 6.07) is -0.452. The molecule has 0 saturated carbocycles. The van der Waals surface area contributed by atoms with Crippen LogP contribution in [0.3, 0.4) is 0 Å². The van der Waals surface area contributed by atoms with Crippen molar-refractivity contribution in [2.75, 3.05) is 6.54 Å². The van der Waals surface area contributed by atoms with Crippen molar-refractivity contribution in [2.45, 2.75) is 29.3 Å². The summed E-state index contributed by atoms with van der Waals surface area (Å²) in [5, 5.41) is 26.1. The van der Waals surface area contributed by atoms with Gasteiger partial charge in [0.2, 0.25) is 5.16 Å². The highest BCUT2D eigenvalue weighted by atomic mass is 32.2. The van der Waals surface area contributed by atoms with Crippen LogP contribution in [-0.4, -0.2) is 49.5 Å². The minimum Gasteiger partial charge on any atom is -0.480 e. The molecule has 2 atom stereocenters. The third-order valence-electron chi connectivity index (χ3n) is 2.26. The number of carboxylic acids is 1. The van der Waals surface area contributed by atoms with Crippen LogP contribution in [0.4, 0.5) is 0 Å². The van der Waals surface area contributed by atoms with Crippen molar-refractivity contribution in [3.05, 3.63) is 0 Å². The minimum atomic E-state index is -0.795. The van der Waals surface area contributed by atoms with Crippen molar-refractivity contribution in [1.29, 1.82) is 0 Å². The van der Waals surface area contributed by atoms with Gasteiger partial charge in [-0.2, -0.15) is 0 Å². The number of carboxylic acid groups (broad SMARTS) is 1. The molecule has 2 unspecified atom stereocenters. The lowest BCUT2D eigenvalue weighted by atomic mass is 10.1. The SMILES string of the molecule is O=C(O)C1CC(Sc2nnn[nH]2)CCN1. The van der Waals surface area contributed by atoms with Crippen LogP contribution in [-0.2, 0) is 4.79 Å². The first-order valence-electron chi connectivity index (χ1n) is 4.62. The van der Waals surface area contributed by atoms with Gasteiger partial charge in [-0.05, 0) is 29.8 Å². The van der Waals surface area contributed by atoms with E-state index in [1.54, 1.807) is 0 Å². The largest absolute Gasteiger partial charge is 0.480 e. The zero-order chi connectivity index (χ0) is 10.7. The quantitative estimate of drug-likeness (QED) is 0.641. The van der Waals surface area contributed by atoms with E-state index in [2.05, 4.69) is 25.9 Å². The first-order valence-corrected chi connectivity index (χ1v) is 5.50. The maximum atomic E-state index is 10.8. The monoisotopic (exact) mass is 229 g/mol. The first kappa shape index (κ1) is 10.4. The van der Waals surface area contributed by atoms with E-state index in [0.29, 0.717) is 11.6 Å². The van der Waals surface area contributed by atoms with Crippen LogP contribution in [0.5, 0.6) is 0 Å². The zero-order valence-corrected chi connectivity index (χ0v) is 8.70. The Kier molecular flexibility index (Phi) is 3.17. The van der Waals surface area contributed by atoms with Gasteiger partial charge in [-0.15, -0.1) is 5.10 Å². The second kappa shape index (κ2) is 4.58. The highest BCUT2D eigenvalue weighted by Gasteiger charge is 2.27. The Labute approximate surface area is 90.0 Å². The molecule has 0 amide bonds. The van der Waals surface area contributed by atoms with Crippen LogP contribution in [0, 0.1) is 0 Å². The van der Waals surface area contributed by atoms with Crippen molar-refractivity contribution in [2.24, 2.45) is 0 Å². The van der Waals surface area contributed by atoms with Gasteiger partial charge in [0.1, 0.15) is 6.04 Å². The number of aliphatic carboxylic acids is 1. The number of tetrazole rings is 1. The molecule has 7 nitrogen and oxygen atoms in total. The molecule has 0 bridgehead atoms. The van der Waals surface area contributed by atoms with Crippen LogP contribution in [0.2, 0.25) is 0 Å². The molecule has 1 fully saturated rings. The third-order valence-corrected chi connectivity index (χ3v) is 3.42. The first-order chi connectivity index (χ1) is 7.25. The number of hydrogen-bond donors (Lipinski definition) is 3. The summed E-state index contributed by atoms with van der Waals surface area (Å²) in [7, 11) is 0.